The largest absolute Gasteiger partial charge is 0.388 e. The van der Waals surface area contributed by atoms with Gasteiger partial charge in [0.05, 0.1) is 18.0 Å². The van der Waals surface area contributed by atoms with Gasteiger partial charge < -0.3 is 5.11 Å². The first kappa shape index (κ1) is 13.6. The molecule has 1 N–H and O–H groups in total. The van der Waals surface area contributed by atoms with Crippen LogP contribution in [0, 0.1) is 0 Å². The molecule has 0 amide bonds. The first-order valence-corrected chi connectivity index (χ1v) is 7.46. The number of aryl methyl sites for hydroxylation is 1. The number of hydrogen-bond donors (Lipinski definition) is 1. The Morgan fingerprint density at radius 1 is 1.42 bits per heavy atom. The summed E-state index contributed by atoms with van der Waals surface area (Å²) in [6.45, 7) is 0. The monoisotopic (exact) mass is 282 g/mol. The molecule has 0 bridgehead atoms. The van der Waals surface area contributed by atoms with Gasteiger partial charge in [0.15, 0.2) is 15.7 Å². The molecule has 0 radical (unpaired) electrons. The van der Waals surface area contributed by atoms with Gasteiger partial charge in [-0.2, -0.15) is 4.80 Å². The smallest absolute Gasteiger partial charge is 0.177 e. The molecule has 0 saturated heterocycles. The summed E-state index contributed by atoms with van der Waals surface area (Å²) in [5, 5.41) is 21.5. The van der Waals surface area contributed by atoms with Gasteiger partial charge in [0.1, 0.15) is 0 Å². The quantitative estimate of drug-likeness (QED) is 0.840. The zero-order valence-electron chi connectivity index (χ0n) is 10.6. The summed E-state index contributed by atoms with van der Waals surface area (Å²) in [4.78, 5) is 1.48. The second-order valence-corrected chi connectivity index (χ2v) is 6.28. The molecule has 8 heteroatoms. The van der Waals surface area contributed by atoms with Crippen LogP contribution < -0.4 is 0 Å². The maximum atomic E-state index is 11.4. The summed E-state index contributed by atoms with van der Waals surface area (Å²) < 4.78 is 22.9. The molecule has 0 saturated carbocycles. The van der Waals surface area contributed by atoms with E-state index in [1.54, 1.807) is 19.2 Å². The molecule has 19 heavy (non-hydrogen) atoms. The van der Waals surface area contributed by atoms with Crippen LogP contribution in [0.15, 0.2) is 29.2 Å². The van der Waals surface area contributed by atoms with Crippen molar-refractivity contribution in [3.63, 3.8) is 0 Å². The van der Waals surface area contributed by atoms with Crippen LogP contribution in [0.25, 0.3) is 0 Å². The second kappa shape index (κ2) is 5.06. The van der Waals surface area contributed by atoms with E-state index in [9.17, 15) is 13.5 Å². The first-order chi connectivity index (χ1) is 8.86. The van der Waals surface area contributed by atoms with Crippen molar-refractivity contribution < 1.29 is 13.5 Å². The Hall–Kier alpha value is -1.80. The zero-order valence-corrected chi connectivity index (χ0v) is 11.4. The molecule has 0 aliphatic heterocycles. The van der Waals surface area contributed by atoms with Gasteiger partial charge in [-0.1, -0.05) is 12.1 Å². The van der Waals surface area contributed by atoms with Crippen LogP contribution >= 0.6 is 0 Å². The number of sulfone groups is 1. The van der Waals surface area contributed by atoms with Gasteiger partial charge in [0.2, 0.25) is 0 Å². The minimum absolute atomic E-state index is 0.177. The third kappa shape index (κ3) is 3.36. The summed E-state index contributed by atoms with van der Waals surface area (Å²) in [5.74, 6) is 0.403. The van der Waals surface area contributed by atoms with Crippen LogP contribution in [0.3, 0.4) is 0 Å². The fourth-order valence-corrected chi connectivity index (χ4v) is 2.32. The van der Waals surface area contributed by atoms with Crippen molar-refractivity contribution in [2.45, 2.75) is 17.4 Å². The average molecular weight is 282 g/mol. The lowest BCUT2D eigenvalue weighted by molar-refractivity contribution is 0.175. The highest BCUT2D eigenvalue weighted by atomic mass is 32.2. The molecule has 1 unspecified atom stereocenters. The van der Waals surface area contributed by atoms with Gasteiger partial charge in [-0.3, -0.25) is 0 Å². The molecule has 7 nitrogen and oxygen atoms in total. The van der Waals surface area contributed by atoms with E-state index in [0.29, 0.717) is 11.4 Å². The van der Waals surface area contributed by atoms with Gasteiger partial charge in [0.25, 0.3) is 0 Å². The van der Waals surface area contributed by atoms with E-state index in [1.807, 2.05) is 0 Å². The van der Waals surface area contributed by atoms with Crippen molar-refractivity contribution in [2.24, 2.45) is 7.05 Å². The van der Waals surface area contributed by atoms with Gasteiger partial charge >= 0.3 is 0 Å². The lowest BCUT2D eigenvalue weighted by Gasteiger charge is -2.09. The Morgan fingerprint density at radius 2 is 2.16 bits per heavy atom. The minimum atomic E-state index is -3.29. The SMILES string of the molecule is Cn1nnc(CC(O)c2cccc(S(C)(=O)=O)c2)n1. The molecule has 0 fully saturated rings. The Morgan fingerprint density at radius 3 is 2.74 bits per heavy atom. The van der Waals surface area contributed by atoms with Crippen molar-refractivity contribution in [2.75, 3.05) is 6.26 Å². The van der Waals surface area contributed by atoms with Gasteiger partial charge in [-0.15, -0.1) is 10.2 Å². The van der Waals surface area contributed by atoms with Crippen molar-refractivity contribution in [3.05, 3.63) is 35.7 Å². The summed E-state index contributed by atoms with van der Waals surface area (Å²) in [6.07, 6.45) is 0.440. The maximum Gasteiger partial charge on any atom is 0.177 e. The molecule has 0 aliphatic carbocycles. The molecule has 0 spiro atoms. The van der Waals surface area contributed by atoms with Crippen molar-refractivity contribution in [3.8, 4) is 0 Å². The maximum absolute atomic E-state index is 11.4. The van der Waals surface area contributed by atoms with E-state index in [-0.39, 0.29) is 11.3 Å². The highest BCUT2D eigenvalue weighted by Crippen LogP contribution is 2.19. The van der Waals surface area contributed by atoms with Crippen LogP contribution in [0.2, 0.25) is 0 Å². The first-order valence-electron chi connectivity index (χ1n) is 5.57. The lowest BCUT2D eigenvalue weighted by atomic mass is 10.1. The Kier molecular flexibility index (Phi) is 3.63. The van der Waals surface area contributed by atoms with E-state index in [4.69, 9.17) is 0 Å². The molecule has 1 aromatic carbocycles. The highest BCUT2D eigenvalue weighted by molar-refractivity contribution is 7.90. The van der Waals surface area contributed by atoms with Gasteiger partial charge in [0, 0.05) is 12.7 Å². The standard InChI is InChI=1S/C11H14N4O3S/c1-15-13-11(12-14-15)7-10(16)8-4-3-5-9(6-8)19(2,17)18/h3-6,10,16H,7H2,1-2H3. The number of nitrogens with zero attached hydrogens (tertiary/aromatic N) is 4. The molecule has 1 atom stereocenters. The second-order valence-electron chi connectivity index (χ2n) is 4.26. The number of hydrogen-bond acceptors (Lipinski definition) is 6. The molecule has 1 heterocycles. The third-order valence-corrected chi connectivity index (χ3v) is 3.71. The average Bonchev–Trinajstić information content (AvgIpc) is 2.74. The number of aliphatic hydroxyl groups is 1. The number of tetrazole rings is 1. The lowest BCUT2D eigenvalue weighted by Crippen LogP contribution is -2.06. The number of benzene rings is 1. The third-order valence-electron chi connectivity index (χ3n) is 2.60. The van der Waals surface area contributed by atoms with Gasteiger partial charge in [-0.05, 0) is 22.9 Å². The Bertz CT molecular complexity index is 681. The van der Waals surface area contributed by atoms with Crippen LogP contribution in [-0.2, 0) is 23.3 Å². The minimum Gasteiger partial charge on any atom is -0.388 e. The zero-order chi connectivity index (χ0) is 14.0. The van der Waals surface area contributed by atoms with Crippen LogP contribution in [0.1, 0.15) is 17.5 Å². The topological polar surface area (TPSA) is 98.0 Å². The summed E-state index contributed by atoms with van der Waals surface area (Å²) in [6, 6.07) is 6.21. The Balaban J connectivity index is 2.22. The van der Waals surface area contributed by atoms with E-state index in [0.717, 1.165) is 6.26 Å². The van der Waals surface area contributed by atoms with Crippen molar-refractivity contribution in [1.82, 2.24) is 20.2 Å². The summed E-state index contributed by atoms with van der Waals surface area (Å²) in [5.41, 5.74) is 0.510. The molecule has 2 aromatic rings. The fraction of sp³-hybridized carbons (Fsp3) is 0.364. The van der Waals surface area contributed by atoms with Crippen LogP contribution in [-0.4, -0.2) is 40.0 Å². The van der Waals surface area contributed by atoms with E-state index >= 15 is 0 Å². The highest BCUT2D eigenvalue weighted by Gasteiger charge is 2.15. The van der Waals surface area contributed by atoms with Crippen molar-refractivity contribution >= 4 is 9.84 Å². The van der Waals surface area contributed by atoms with Crippen LogP contribution in [0.4, 0.5) is 0 Å². The number of rotatable bonds is 4. The van der Waals surface area contributed by atoms with E-state index < -0.39 is 15.9 Å². The van der Waals surface area contributed by atoms with Crippen LogP contribution in [0.5, 0.6) is 0 Å². The van der Waals surface area contributed by atoms with Gasteiger partial charge in [-0.25, -0.2) is 8.42 Å². The molecule has 102 valence electrons. The summed E-state index contributed by atoms with van der Waals surface area (Å²) in [7, 11) is -1.65. The number of aromatic nitrogens is 4. The van der Waals surface area contributed by atoms with Crippen molar-refractivity contribution in [1.29, 1.82) is 0 Å². The normalized spacial score (nSPS) is 13.4. The molecular formula is C11H14N4O3S. The summed E-state index contributed by atoms with van der Waals surface area (Å²) >= 11 is 0. The van der Waals surface area contributed by atoms with E-state index in [1.165, 1.54) is 16.9 Å². The predicted molar refractivity (Wildman–Crippen MR) is 67.0 cm³/mol. The molecular weight excluding hydrogens is 268 g/mol. The predicted octanol–water partition coefficient (Wildman–Crippen LogP) is -0.110. The fourth-order valence-electron chi connectivity index (χ4n) is 1.65. The number of aliphatic hydroxyl groups excluding tert-OH is 1. The molecule has 2 rings (SSSR count). The molecule has 1 aromatic heterocycles. The molecule has 0 aliphatic rings. The Labute approximate surface area is 110 Å². The van der Waals surface area contributed by atoms with E-state index in [2.05, 4.69) is 15.4 Å².